The van der Waals surface area contributed by atoms with Crippen LogP contribution in [-0.2, 0) is 4.79 Å². The van der Waals surface area contributed by atoms with Crippen LogP contribution in [0.5, 0.6) is 11.5 Å². The Morgan fingerprint density at radius 2 is 1.96 bits per heavy atom. The van der Waals surface area contributed by atoms with Crippen LogP contribution in [0.15, 0.2) is 54.6 Å². The molecule has 24 heavy (non-hydrogen) atoms. The molecule has 0 radical (unpaired) electrons. The van der Waals surface area contributed by atoms with Gasteiger partial charge in [0.2, 0.25) is 0 Å². The fourth-order valence-corrected chi connectivity index (χ4v) is 3.18. The lowest BCUT2D eigenvalue weighted by atomic mass is 10.1. The van der Waals surface area contributed by atoms with Crippen LogP contribution in [0, 0.1) is 5.92 Å². The molecule has 1 aliphatic heterocycles. The molecule has 0 saturated carbocycles. The summed E-state index contributed by atoms with van der Waals surface area (Å²) in [5.74, 6) is 0.509. The largest absolute Gasteiger partial charge is 0.481 e. The van der Waals surface area contributed by atoms with Crippen molar-refractivity contribution in [2.45, 2.75) is 12.5 Å². The zero-order valence-electron chi connectivity index (χ0n) is 13.5. The molecule has 2 atom stereocenters. The second kappa shape index (κ2) is 7.47. The number of hydrogen-bond acceptors (Lipinski definition) is 4. The molecule has 0 bridgehead atoms. The molecule has 1 saturated heterocycles. The summed E-state index contributed by atoms with van der Waals surface area (Å²) in [6, 6.07) is 17.5. The highest BCUT2D eigenvalue weighted by molar-refractivity contribution is 5.70. The predicted molar refractivity (Wildman–Crippen MR) is 92.1 cm³/mol. The van der Waals surface area contributed by atoms with Gasteiger partial charge in [-0.25, -0.2) is 0 Å². The average Bonchev–Trinajstić information content (AvgIpc) is 3.07. The molecule has 0 unspecified atom stereocenters. The lowest BCUT2D eigenvalue weighted by molar-refractivity contribution is -0.141. The Hall–Kier alpha value is -2.37. The van der Waals surface area contributed by atoms with E-state index in [1.165, 1.54) is 0 Å². The summed E-state index contributed by atoms with van der Waals surface area (Å²) >= 11 is 0. The molecule has 0 spiro atoms. The number of likely N-dealkylation sites (tertiary alicyclic amines) is 1. The van der Waals surface area contributed by atoms with Crippen molar-refractivity contribution >= 4 is 5.97 Å². The molecular weight excluding hydrogens is 304 g/mol. The molecular formula is C19H22N2O3. The zero-order valence-corrected chi connectivity index (χ0v) is 13.5. The van der Waals surface area contributed by atoms with Gasteiger partial charge in [0.05, 0.1) is 5.92 Å². The molecule has 3 N–H and O–H groups in total. The van der Waals surface area contributed by atoms with E-state index in [9.17, 15) is 9.90 Å². The SMILES string of the molecule is NC[C@H](c1cccc(Oc2ccccc2)c1)N1CC[C@H](C(=O)O)C1. The summed E-state index contributed by atoms with van der Waals surface area (Å²) in [5.41, 5.74) is 7.03. The van der Waals surface area contributed by atoms with Gasteiger partial charge in [-0.1, -0.05) is 30.3 Å². The zero-order chi connectivity index (χ0) is 16.9. The number of para-hydroxylation sites is 1. The van der Waals surface area contributed by atoms with Gasteiger partial charge in [-0.2, -0.15) is 0 Å². The minimum Gasteiger partial charge on any atom is -0.481 e. The molecule has 0 aromatic heterocycles. The first-order valence-electron chi connectivity index (χ1n) is 8.17. The normalized spacial score (nSPS) is 19.1. The maximum atomic E-state index is 11.2. The molecule has 126 valence electrons. The first kappa shape index (κ1) is 16.5. The number of carboxylic acids is 1. The van der Waals surface area contributed by atoms with E-state index in [1.54, 1.807) is 0 Å². The van der Waals surface area contributed by atoms with E-state index in [-0.39, 0.29) is 12.0 Å². The van der Waals surface area contributed by atoms with E-state index >= 15 is 0 Å². The van der Waals surface area contributed by atoms with Crippen LogP contribution in [0.3, 0.4) is 0 Å². The van der Waals surface area contributed by atoms with Gasteiger partial charge in [0.15, 0.2) is 0 Å². The van der Waals surface area contributed by atoms with Crippen LogP contribution in [0.25, 0.3) is 0 Å². The quantitative estimate of drug-likeness (QED) is 0.853. The second-order valence-corrected chi connectivity index (χ2v) is 6.06. The van der Waals surface area contributed by atoms with Crippen molar-refractivity contribution in [2.24, 2.45) is 11.7 Å². The molecule has 2 aromatic rings. The van der Waals surface area contributed by atoms with Gasteiger partial charge in [-0.15, -0.1) is 0 Å². The molecule has 5 nitrogen and oxygen atoms in total. The van der Waals surface area contributed by atoms with Crippen LogP contribution in [0.4, 0.5) is 0 Å². The Bertz CT molecular complexity index is 690. The van der Waals surface area contributed by atoms with Gasteiger partial charge >= 0.3 is 5.97 Å². The third-order valence-corrected chi connectivity index (χ3v) is 4.45. The van der Waals surface area contributed by atoms with Gasteiger partial charge < -0.3 is 15.6 Å². The number of rotatable bonds is 6. The minimum absolute atomic E-state index is 0.00803. The number of benzene rings is 2. The van der Waals surface area contributed by atoms with Crippen LogP contribution in [0.1, 0.15) is 18.0 Å². The van der Waals surface area contributed by atoms with Gasteiger partial charge in [0.1, 0.15) is 11.5 Å². The third-order valence-electron chi connectivity index (χ3n) is 4.45. The molecule has 2 aromatic carbocycles. The van der Waals surface area contributed by atoms with E-state index in [0.29, 0.717) is 19.5 Å². The number of carbonyl (C=O) groups is 1. The maximum absolute atomic E-state index is 11.2. The van der Waals surface area contributed by atoms with Crippen LogP contribution in [0.2, 0.25) is 0 Å². The lowest BCUT2D eigenvalue weighted by Gasteiger charge is -2.27. The molecule has 1 heterocycles. The Morgan fingerprint density at radius 3 is 2.62 bits per heavy atom. The van der Waals surface area contributed by atoms with Crippen molar-refractivity contribution in [1.29, 1.82) is 0 Å². The number of carboxylic acid groups (broad SMARTS) is 1. The van der Waals surface area contributed by atoms with Crippen LogP contribution < -0.4 is 10.5 Å². The molecule has 0 amide bonds. The summed E-state index contributed by atoms with van der Waals surface area (Å²) < 4.78 is 5.88. The minimum atomic E-state index is -0.727. The number of hydrogen-bond donors (Lipinski definition) is 2. The van der Waals surface area contributed by atoms with Crippen molar-refractivity contribution in [3.63, 3.8) is 0 Å². The molecule has 3 rings (SSSR count). The smallest absolute Gasteiger partial charge is 0.307 e. The highest BCUT2D eigenvalue weighted by atomic mass is 16.5. The first-order valence-corrected chi connectivity index (χ1v) is 8.17. The van der Waals surface area contributed by atoms with Gasteiger partial charge in [0.25, 0.3) is 0 Å². The van der Waals surface area contributed by atoms with Crippen molar-refractivity contribution in [2.75, 3.05) is 19.6 Å². The Kier molecular flexibility index (Phi) is 5.13. The van der Waals surface area contributed by atoms with E-state index < -0.39 is 5.97 Å². The topological polar surface area (TPSA) is 75.8 Å². The van der Waals surface area contributed by atoms with E-state index in [2.05, 4.69) is 4.90 Å². The molecule has 0 aliphatic carbocycles. The Labute approximate surface area is 141 Å². The van der Waals surface area contributed by atoms with Crippen molar-refractivity contribution in [1.82, 2.24) is 4.90 Å². The number of aliphatic carboxylic acids is 1. The van der Waals surface area contributed by atoms with Crippen molar-refractivity contribution in [3.8, 4) is 11.5 Å². The van der Waals surface area contributed by atoms with E-state index in [1.807, 2.05) is 54.6 Å². The van der Waals surface area contributed by atoms with Gasteiger partial charge in [-0.3, -0.25) is 9.69 Å². The van der Waals surface area contributed by atoms with Crippen LogP contribution >= 0.6 is 0 Å². The van der Waals surface area contributed by atoms with E-state index in [4.69, 9.17) is 10.5 Å². The fourth-order valence-electron chi connectivity index (χ4n) is 3.18. The summed E-state index contributed by atoms with van der Waals surface area (Å²) in [6.07, 6.45) is 0.673. The van der Waals surface area contributed by atoms with Crippen LogP contribution in [-0.4, -0.2) is 35.6 Å². The van der Waals surface area contributed by atoms with Gasteiger partial charge in [0, 0.05) is 19.1 Å². The first-order chi connectivity index (χ1) is 11.7. The average molecular weight is 326 g/mol. The summed E-state index contributed by atoms with van der Waals surface area (Å²) in [7, 11) is 0. The second-order valence-electron chi connectivity index (χ2n) is 6.06. The fraction of sp³-hybridized carbons (Fsp3) is 0.316. The molecule has 1 fully saturated rings. The number of nitrogens with zero attached hydrogens (tertiary/aromatic N) is 1. The summed E-state index contributed by atoms with van der Waals surface area (Å²) in [5, 5.41) is 9.19. The summed E-state index contributed by atoms with van der Waals surface area (Å²) in [4.78, 5) is 13.3. The number of nitrogens with two attached hydrogens (primary N) is 1. The monoisotopic (exact) mass is 326 g/mol. The molecule has 5 heteroatoms. The van der Waals surface area contributed by atoms with Gasteiger partial charge in [-0.05, 0) is 42.8 Å². The standard InChI is InChI=1S/C19H22N2O3/c20-12-18(21-10-9-15(13-21)19(22)23)14-5-4-8-17(11-14)24-16-6-2-1-3-7-16/h1-8,11,15,18H,9-10,12-13,20H2,(H,22,23)/t15-,18+/m0/s1. The highest BCUT2D eigenvalue weighted by Gasteiger charge is 2.32. The van der Waals surface area contributed by atoms with E-state index in [0.717, 1.165) is 23.6 Å². The maximum Gasteiger partial charge on any atom is 0.307 e. The van der Waals surface area contributed by atoms with Crippen molar-refractivity contribution in [3.05, 3.63) is 60.2 Å². The number of ether oxygens (including phenoxy) is 1. The lowest BCUT2D eigenvalue weighted by Crippen LogP contribution is -2.32. The Morgan fingerprint density at radius 1 is 1.21 bits per heavy atom. The highest BCUT2D eigenvalue weighted by Crippen LogP contribution is 2.30. The Balaban J connectivity index is 1.75. The van der Waals surface area contributed by atoms with Crippen molar-refractivity contribution < 1.29 is 14.6 Å². The third kappa shape index (κ3) is 3.75. The summed E-state index contributed by atoms with van der Waals surface area (Å²) in [6.45, 7) is 1.74. The molecule has 1 aliphatic rings. The predicted octanol–water partition coefficient (Wildman–Crippen LogP) is 2.89.